The molecule has 20 heteroatoms. The molecule has 1 fully saturated rings. The lowest BCUT2D eigenvalue weighted by Gasteiger charge is -2.21. The van der Waals surface area contributed by atoms with Gasteiger partial charge in [-0.05, 0) is 72.4 Å². The molecule has 0 amide bonds. The van der Waals surface area contributed by atoms with E-state index in [2.05, 4.69) is 25.2 Å². The van der Waals surface area contributed by atoms with Gasteiger partial charge >= 0.3 is 11.9 Å². The van der Waals surface area contributed by atoms with E-state index in [0.29, 0.717) is 89.4 Å². The van der Waals surface area contributed by atoms with E-state index in [1.54, 1.807) is 70.9 Å². The molecule has 2 N–H and O–H groups in total. The number of benzene rings is 3. The molecule has 62 heavy (non-hydrogen) atoms. The topological polar surface area (TPSA) is 210 Å². The van der Waals surface area contributed by atoms with Crippen LogP contribution in [-0.4, -0.2) is 86.2 Å². The van der Waals surface area contributed by atoms with Gasteiger partial charge in [-0.3, -0.25) is 23.9 Å². The van der Waals surface area contributed by atoms with Gasteiger partial charge in [0.25, 0.3) is 0 Å². The average Bonchev–Trinajstić information content (AvgIpc) is 4.07. The molecule has 0 radical (unpaired) electrons. The quantitative estimate of drug-likeness (QED) is 0.0857. The van der Waals surface area contributed by atoms with E-state index in [0.717, 1.165) is 0 Å². The number of fused-ring (bicyclic) bond motifs is 4. The molecule has 0 bridgehead atoms. The summed E-state index contributed by atoms with van der Waals surface area (Å²) >= 11 is 14.1. The fourth-order valence-electron chi connectivity index (χ4n) is 8.43. The van der Waals surface area contributed by atoms with Crippen LogP contribution < -0.4 is 9.46 Å². The largest absolute Gasteiger partial charge is 0.494 e. The molecule has 4 atom stereocenters. The summed E-state index contributed by atoms with van der Waals surface area (Å²) in [5.74, 6) is -2.51. The lowest BCUT2D eigenvalue weighted by Crippen LogP contribution is -2.39. The number of sulfonamides is 1. The second-order valence-corrected chi connectivity index (χ2v) is 19.0. The monoisotopic (exact) mass is 918 g/mol. The highest BCUT2D eigenvalue weighted by Gasteiger charge is 2.44. The minimum Gasteiger partial charge on any atom is -0.494 e. The van der Waals surface area contributed by atoms with Crippen molar-refractivity contribution in [2.45, 2.75) is 62.8 Å². The number of ketones is 1. The van der Waals surface area contributed by atoms with Crippen molar-refractivity contribution in [3.8, 4) is 10.8 Å². The van der Waals surface area contributed by atoms with Crippen LogP contribution in [0.15, 0.2) is 65.9 Å². The fourth-order valence-corrected chi connectivity index (χ4v) is 11.8. The minimum absolute atomic E-state index is 0.103. The summed E-state index contributed by atoms with van der Waals surface area (Å²) in [6.07, 6.45) is 2.26. The predicted octanol–water partition coefficient (Wildman–Crippen LogP) is 6.77. The number of rotatable bonds is 14. The Bertz CT molecular complexity index is 2890. The molecule has 322 valence electrons. The highest BCUT2D eigenvalue weighted by molar-refractivity contribution is 7.90. The van der Waals surface area contributed by atoms with Crippen LogP contribution in [0.4, 0.5) is 0 Å². The Morgan fingerprint density at radius 2 is 1.81 bits per heavy atom. The number of halogens is 2. The summed E-state index contributed by atoms with van der Waals surface area (Å²) in [7, 11) is 0.426. The Morgan fingerprint density at radius 1 is 1.03 bits per heavy atom. The molecule has 3 aromatic heterocycles. The van der Waals surface area contributed by atoms with Gasteiger partial charge in [0, 0.05) is 46.6 Å². The number of nitrogens with zero attached hydrogens (tertiary/aromatic N) is 7. The number of carboxylic acids is 1. The minimum atomic E-state index is -4.11. The number of esters is 1. The standard InChI is InChI=1S/C42H40Cl2N8O8S2/c1-21-36-37(22-8-11-26(43)12-9-22)47-31(18-35(55)60-4)41-49-45-20-52(41)42(36)61-40(21)39(56)27-6-5-7-33(27)62(57,58)46-19-25-14-23(10-13-29(25)44)28(17-34(53)54)24-15-30-38(32(16-24)59-3)51(2)50-48-30/h8-16,20,27-28,31,33,46H,5-7,17-19H2,1-4H3,(H,53,54)/t27-,28?,31-,33?/m0/s1. The third kappa shape index (κ3) is 8.12. The number of thiophene rings is 1. The molecule has 0 spiro atoms. The molecule has 0 saturated heterocycles. The Balaban J connectivity index is 1.08. The van der Waals surface area contributed by atoms with Gasteiger partial charge in [-0.1, -0.05) is 59.1 Å². The van der Waals surface area contributed by atoms with Gasteiger partial charge in [-0.2, -0.15) is 0 Å². The van der Waals surface area contributed by atoms with Crippen LogP contribution >= 0.6 is 34.5 Å². The summed E-state index contributed by atoms with van der Waals surface area (Å²) < 4.78 is 45.0. The number of ether oxygens (including phenoxy) is 2. The summed E-state index contributed by atoms with van der Waals surface area (Å²) in [4.78, 5) is 44.8. The van der Waals surface area contributed by atoms with Crippen molar-refractivity contribution in [3.63, 3.8) is 0 Å². The van der Waals surface area contributed by atoms with Crippen LogP contribution in [-0.2, 0) is 37.9 Å². The second-order valence-electron chi connectivity index (χ2n) is 15.2. The Labute approximate surface area is 369 Å². The SMILES string of the molecule is COC(=O)C[C@@H]1N=C(c2ccc(Cl)cc2)c2c(sc(C(=O)[C@H]3CCCC3S(=O)(=O)NCc3cc(C(CC(=O)O)c4cc(OC)c5c(c4)nnn5C)ccc3Cl)c2C)-n2cnnc21. The molecule has 2 aliphatic rings. The molecular weight excluding hydrogens is 880 g/mol. The van der Waals surface area contributed by atoms with Gasteiger partial charge in [-0.25, -0.2) is 17.8 Å². The molecular formula is C42H40Cl2N8O8S2. The molecule has 6 aromatic rings. The number of hydrogen-bond donors (Lipinski definition) is 2. The van der Waals surface area contributed by atoms with Gasteiger partial charge in [0.15, 0.2) is 11.6 Å². The second kappa shape index (κ2) is 17.3. The number of carboxylic acid groups (broad SMARTS) is 1. The maximum atomic E-state index is 14.7. The highest BCUT2D eigenvalue weighted by Crippen LogP contribution is 2.43. The van der Waals surface area contributed by atoms with Crippen molar-refractivity contribution in [3.05, 3.63) is 115 Å². The maximum absolute atomic E-state index is 14.7. The lowest BCUT2D eigenvalue weighted by molar-refractivity contribution is -0.141. The zero-order valence-electron chi connectivity index (χ0n) is 33.8. The van der Waals surface area contributed by atoms with Crippen LogP contribution in [0.3, 0.4) is 0 Å². The van der Waals surface area contributed by atoms with E-state index < -0.39 is 45.1 Å². The average molecular weight is 920 g/mol. The summed E-state index contributed by atoms with van der Waals surface area (Å²) in [6.45, 7) is 1.61. The summed E-state index contributed by atoms with van der Waals surface area (Å²) in [5.41, 5.74) is 5.26. The number of carbonyl (C=O) groups is 3. The number of hydrogen-bond acceptors (Lipinski definition) is 13. The first kappa shape index (κ1) is 43.1. The highest BCUT2D eigenvalue weighted by atomic mass is 35.5. The predicted molar refractivity (Wildman–Crippen MR) is 232 cm³/mol. The number of Topliss-reactive ketones (excluding diaryl/α,β-unsaturated/α-hetero) is 1. The van der Waals surface area contributed by atoms with Crippen molar-refractivity contribution >= 4 is 79.0 Å². The molecule has 3 aromatic carbocycles. The first-order valence-corrected chi connectivity index (χ1v) is 22.7. The normalized spacial score (nSPS) is 17.8. The number of aliphatic imine (C=N–C) groups is 1. The molecule has 16 nitrogen and oxygen atoms in total. The number of aliphatic carboxylic acids is 1. The van der Waals surface area contributed by atoms with Gasteiger partial charge < -0.3 is 14.6 Å². The number of nitrogens with one attached hydrogen (secondary N) is 1. The maximum Gasteiger partial charge on any atom is 0.308 e. The Morgan fingerprint density at radius 3 is 2.53 bits per heavy atom. The van der Waals surface area contributed by atoms with Gasteiger partial charge in [0.1, 0.15) is 34.2 Å². The summed E-state index contributed by atoms with van der Waals surface area (Å²) in [6, 6.07) is 14.8. The smallest absolute Gasteiger partial charge is 0.308 e. The Hall–Kier alpha value is -5.53. The first-order chi connectivity index (χ1) is 29.7. The van der Waals surface area contributed by atoms with E-state index in [-0.39, 0.29) is 36.6 Å². The van der Waals surface area contributed by atoms with E-state index in [9.17, 15) is 27.9 Å². The first-order valence-electron chi connectivity index (χ1n) is 19.5. The van der Waals surface area contributed by atoms with Gasteiger partial charge in [0.2, 0.25) is 10.0 Å². The summed E-state index contributed by atoms with van der Waals surface area (Å²) in [5, 5.41) is 27.0. The number of methoxy groups -OCH3 is 2. The third-order valence-electron chi connectivity index (χ3n) is 11.5. The van der Waals surface area contributed by atoms with Crippen LogP contribution in [0.25, 0.3) is 16.0 Å². The van der Waals surface area contributed by atoms with Gasteiger partial charge in [-0.15, -0.1) is 26.6 Å². The van der Waals surface area contributed by atoms with Crippen molar-refractivity contribution in [1.29, 1.82) is 0 Å². The Kier molecular flexibility index (Phi) is 12.1. The van der Waals surface area contributed by atoms with Crippen molar-refractivity contribution < 1.29 is 37.4 Å². The molecule has 1 saturated carbocycles. The molecule has 1 aliphatic heterocycles. The molecule has 8 rings (SSSR count). The molecule has 4 heterocycles. The number of aryl methyl sites for hydroxylation is 1. The fraction of sp³-hybridized carbons (Fsp3) is 0.333. The lowest BCUT2D eigenvalue weighted by atomic mass is 9.87. The van der Waals surface area contributed by atoms with Crippen LogP contribution in [0.2, 0.25) is 10.0 Å². The number of aromatic nitrogens is 6. The van der Waals surface area contributed by atoms with Crippen LogP contribution in [0.5, 0.6) is 5.75 Å². The van der Waals surface area contributed by atoms with Crippen LogP contribution in [0, 0.1) is 12.8 Å². The zero-order chi connectivity index (χ0) is 44.0. The van der Waals surface area contributed by atoms with Crippen LogP contribution in [0.1, 0.15) is 92.9 Å². The van der Waals surface area contributed by atoms with Crippen molar-refractivity contribution in [2.75, 3.05) is 14.2 Å². The number of carbonyl (C=O) groups excluding carboxylic acids is 2. The molecule has 2 unspecified atom stereocenters. The van der Waals surface area contributed by atoms with E-state index in [1.807, 2.05) is 6.92 Å². The van der Waals surface area contributed by atoms with Gasteiger partial charge in [0.05, 0.1) is 42.9 Å². The third-order valence-corrected chi connectivity index (χ3v) is 15.3. The van der Waals surface area contributed by atoms with Crippen molar-refractivity contribution in [1.82, 2.24) is 34.5 Å². The van der Waals surface area contributed by atoms with E-state index in [4.69, 9.17) is 37.7 Å². The zero-order valence-corrected chi connectivity index (χ0v) is 37.0. The van der Waals surface area contributed by atoms with E-state index in [1.165, 1.54) is 31.9 Å². The molecule has 1 aliphatic carbocycles. The van der Waals surface area contributed by atoms with E-state index >= 15 is 0 Å². The van der Waals surface area contributed by atoms with Crippen molar-refractivity contribution in [2.24, 2.45) is 18.0 Å².